The molecule has 4 aromatic heterocycles. The van der Waals surface area contributed by atoms with Gasteiger partial charge in [0, 0.05) is 49.6 Å². The summed E-state index contributed by atoms with van der Waals surface area (Å²) in [6, 6.07) is 5.68. The van der Waals surface area contributed by atoms with E-state index in [-0.39, 0.29) is 5.69 Å². The zero-order valence-corrected chi connectivity index (χ0v) is 21.1. The summed E-state index contributed by atoms with van der Waals surface area (Å²) in [5, 5.41) is 2.88. The lowest BCUT2D eigenvalue weighted by Crippen LogP contribution is -2.36. The summed E-state index contributed by atoms with van der Waals surface area (Å²) in [5.41, 5.74) is 8.00. The zero-order chi connectivity index (χ0) is 26.9. The first-order valence-electron chi connectivity index (χ1n) is 12.5. The number of hydrogen-bond acceptors (Lipinski definition) is 12. The highest BCUT2D eigenvalue weighted by atomic mass is 16.6. The van der Waals surface area contributed by atoms with Crippen LogP contribution in [0.3, 0.4) is 0 Å². The van der Waals surface area contributed by atoms with E-state index in [1.165, 1.54) is 6.26 Å². The number of nitrogens with two attached hydrogens (primary N) is 1. The van der Waals surface area contributed by atoms with Crippen molar-refractivity contribution in [3.8, 4) is 11.5 Å². The number of ether oxygens (including phenoxy) is 2. The Kier molecular flexibility index (Phi) is 6.44. The number of primary amides is 1. The molecule has 0 aliphatic carbocycles. The number of oxazole rings is 2. The molecule has 0 spiro atoms. The van der Waals surface area contributed by atoms with Crippen molar-refractivity contribution in [1.82, 2.24) is 19.9 Å². The first-order valence-corrected chi connectivity index (χ1v) is 12.5. The maximum Gasteiger partial charge on any atom is 0.404 e. The lowest BCUT2D eigenvalue weighted by atomic mass is 10.2. The van der Waals surface area contributed by atoms with E-state index in [2.05, 4.69) is 20.3 Å². The van der Waals surface area contributed by atoms with Crippen LogP contribution < -0.4 is 20.9 Å². The van der Waals surface area contributed by atoms with E-state index in [1.807, 2.05) is 22.8 Å². The quantitative estimate of drug-likeness (QED) is 0.370. The molecule has 2 saturated heterocycles. The standard InChI is InChI=1S/C25H26N8O6/c1-14-10-15(2-4-27-14)23-29-18(13-37-23)22(34)28-17-11-19-20(31-25(39-19)32-6-8-36-9-7-32)30-21(17)33-5-3-16(12-33)38-24(26)35/h2,4,10-11,13,16H,3,5-9,12H2,1H3,(H2,26,35)(H,28,34)/t16-/m0/s1. The molecule has 6 heterocycles. The first-order chi connectivity index (χ1) is 18.9. The highest BCUT2D eigenvalue weighted by molar-refractivity contribution is 6.05. The molecule has 4 aromatic rings. The molecule has 1 atom stereocenters. The number of morpholine rings is 1. The van der Waals surface area contributed by atoms with Gasteiger partial charge in [0.25, 0.3) is 11.9 Å². The van der Waals surface area contributed by atoms with E-state index in [4.69, 9.17) is 29.0 Å². The van der Waals surface area contributed by atoms with E-state index in [0.29, 0.717) is 86.0 Å². The molecule has 3 N–H and O–H groups in total. The number of rotatable bonds is 6. The van der Waals surface area contributed by atoms with Crippen molar-refractivity contribution in [3.05, 3.63) is 42.0 Å². The second-order valence-corrected chi connectivity index (χ2v) is 9.25. The third-order valence-corrected chi connectivity index (χ3v) is 6.49. The highest BCUT2D eigenvalue weighted by Crippen LogP contribution is 2.33. The molecule has 6 rings (SSSR count). The summed E-state index contributed by atoms with van der Waals surface area (Å²) in [6.07, 6.45) is 2.27. The molecule has 202 valence electrons. The van der Waals surface area contributed by atoms with Crippen LogP contribution in [-0.2, 0) is 9.47 Å². The summed E-state index contributed by atoms with van der Waals surface area (Å²) in [5.74, 6) is 0.271. The van der Waals surface area contributed by atoms with Crippen molar-refractivity contribution in [3.63, 3.8) is 0 Å². The Morgan fingerprint density at radius 1 is 1.13 bits per heavy atom. The first kappa shape index (κ1) is 24.6. The van der Waals surface area contributed by atoms with Crippen molar-refractivity contribution in [1.29, 1.82) is 0 Å². The van der Waals surface area contributed by atoms with Gasteiger partial charge in [-0.05, 0) is 19.1 Å². The van der Waals surface area contributed by atoms with Crippen LogP contribution in [0.25, 0.3) is 22.7 Å². The van der Waals surface area contributed by atoms with E-state index < -0.39 is 18.1 Å². The summed E-state index contributed by atoms with van der Waals surface area (Å²) in [6.45, 7) is 5.19. The zero-order valence-electron chi connectivity index (χ0n) is 21.1. The molecule has 2 aliphatic rings. The summed E-state index contributed by atoms with van der Waals surface area (Å²) >= 11 is 0. The average molecular weight is 535 g/mol. The van der Waals surface area contributed by atoms with Crippen LogP contribution in [0.5, 0.6) is 0 Å². The molecule has 14 nitrogen and oxygen atoms in total. The normalized spacial score (nSPS) is 17.5. The number of carbonyl (C=O) groups is 2. The van der Waals surface area contributed by atoms with Crippen LogP contribution in [0.4, 0.5) is 22.3 Å². The number of aromatic nitrogens is 4. The Morgan fingerprint density at radius 2 is 1.97 bits per heavy atom. The number of anilines is 3. The summed E-state index contributed by atoms with van der Waals surface area (Å²) < 4.78 is 22.2. The predicted octanol–water partition coefficient (Wildman–Crippen LogP) is 2.34. The molecule has 14 heteroatoms. The Morgan fingerprint density at radius 3 is 2.77 bits per heavy atom. The van der Waals surface area contributed by atoms with E-state index in [1.54, 1.807) is 18.3 Å². The van der Waals surface area contributed by atoms with Gasteiger partial charge >= 0.3 is 6.09 Å². The van der Waals surface area contributed by atoms with Crippen LogP contribution in [0.2, 0.25) is 0 Å². The van der Waals surface area contributed by atoms with E-state index >= 15 is 0 Å². The lowest BCUT2D eigenvalue weighted by Gasteiger charge is -2.24. The minimum atomic E-state index is -0.836. The average Bonchev–Trinajstić information content (AvgIpc) is 3.68. The fourth-order valence-electron chi connectivity index (χ4n) is 4.62. The maximum absolute atomic E-state index is 13.2. The fraction of sp³-hybridized carbons (Fsp3) is 0.360. The van der Waals surface area contributed by atoms with Gasteiger partial charge < -0.3 is 39.2 Å². The summed E-state index contributed by atoms with van der Waals surface area (Å²) in [4.78, 5) is 46.2. The molecular weight excluding hydrogens is 508 g/mol. The molecule has 2 aliphatic heterocycles. The third-order valence-electron chi connectivity index (χ3n) is 6.49. The van der Waals surface area contributed by atoms with Crippen molar-refractivity contribution in [2.45, 2.75) is 19.4 Å². The summed E-state index contributed by atoms with van der Waals surface area (Å²) in [7, 11) is 0. The van der Waals surface area contributed by atoms with Crippen LogP contribution in [-0.4, -0.2) is 77.4 Å². The van der Waals surface area contributed by atoms with Gasteiger partial charge in [0.05, 0.1) is 25.4 Å². The minimum Gasteiger partial charge on any atom is -0.444 e. The van der Waals surface area contributed by atoms with Crippen LogP contribution >= 0.6 is 0 Å². The van der Waals surface area contributed by atoms with Gasteiger partial charge in [-0.25, -0.2) is 14.8 Å². The molecule has 0 unspecified atom stereocenters. The highest BCUT2D eigenvalue weighted by Gasteiger charge is 2.30. The van der Waals surface area contributed by atoms with Crippen molar-refractivity contribution in [2.75, 3.05) is 54.5 Å². The largest absolute Gasteiger partial charge is 0.444 e. The van der Waals surface area contributed by atoms with Gasteiger partial charge in [0.2, 0.25) is 11.5 Å². The van der Waals surface area contributed by atoms with Crippen molar-refractivity contribution >= 4 is 40.8 Å². The molecular formula is C25H26N8O6. The molecule has 0 bridgehead atoms. The number of hydrogen-bond donors (Lipinski definition) is 2. The van der Waals surface area contributed by atoms with E-state index in [9.17, 15) is 9.59 Å². The Balaban J connectivity index is 1.31. The maximum atomic E-state index is 13.2. The number of fused-ring (bicyclic) bond motifs is 1. The van der Waals surface area contributed by atoms with E-state index in [0.717, 1.165) is 5.69 Å². The number of aryl methyl sites for hydroxylation is 1. The molecule has 0 saturated carbocycles. The molecule has 0 aromatic carbocycles. The monoisotopic (exact) mass is 534 g/mol. The number of carbonyl (C=O) groups excluding carboxylic acids is 2. The van der Waals surface area contributed by atoms with Crippen LogP contribution in [0.15, 0.2) is 39.5 Å². The number of amides is 2. The lowest BCUT2D eigenvalue weighted by molar-refractivity contribution is 0.102. The second-order valence-electron chi connectivity index (χ2n) is 9.25. The van der Waals surface area contributed by atoms with Gasteiger partial charge in [-0.15, -0.1) is 0 Å². The van der Waals surface area contributed by atoms with Gasteiger partial charge in [-0.3, -0.25) is 9.78 Å². The third kappa shape index (κ3) is 5.18. The van der Waals surface area contributed by atoms with Crippen LogP contribution in [0.1, 0.15) is 22.6 Å². The SMILES string of the molecule is Cc1cc(-c2nc(C(=O)Nc3cc4oc(N5CCOCC5)nc4nc3N3CC[C@H](OC(N)=O)C3)co2)ccn1. The predicted molar refractivity (Wildman–Crippen MR) is 139 cm³/mol. The molecule has 0 radical (unpaired) electrons. The minimum absolute atomic E-state index is 0.0912. The molecule has 2 amide bonds. The van der Waals surface area contributed by atoms with Crippen LogP contribution in [0, 0.1) is 6.92 Å². The Bertz CT molecular complexity index is 1530. The molecule has 2 fully saturated rings. The smallest absolute Gasteiger partial charge is 0.404 e. The van der Waals surface area contributed by atoms with Gasteiger partial charge in [-0.2, -0.15) is 4.98 Å². The number of nitrogens with one attached hydrogen (secondary N) is 1. The Hall–Kier alpha value is -4.72. The number of pyridine rings is 2. The second kappa shape index (κ2) is 10.2. The Labute approximate surface area is 222 Å². The topological polar surface area (TPSA) is 175 Å². The van der Waals surface area contributed by atoms with Gasteiger partial charge in [0.15, 0.2) is 17.1 Å². The van der Waals surface area contributed by atoms with Gasteiger partial charge in [-0.1, -0.05) is 0 Å². The molecule has 39 heavy (non-hydrogen) atoms. The fourth-order valence-corrected chi connectivity index (χ4v) is 4.62. The van der Waals surface area contributed by atoms with Crippen molar-refractivity contribution < 1.29 is 27.9 Å². The number of nitrogens with zero attached hydrogens (tertiary/aromatic N) is 6. The van der Waals surface area contributed by atoms with Gasteiger partial charge in [0.1, 0.15) is 12.4 Å². The van der Waals surface area contributed by atoms with Crippen molar-refractivity contribution in [2.24, 2.45) is 5.73 Å².